The van der Waals surface area contributed by atoms with Gasteiger partial charge in [0.25, 0.3) is 0 Å². The Morgan fingerprint density at radius 1 is 1.62 bits per heavy atom. The van der Waals surface area contributed by atoms with Crippen LogP contribution in [0.5, 0.6) is 0 Å². The molecule has 0 radical (unpaired) electrons. The lowest BCUT2D eigenvalue weighted by Crippen LogP contribution is -2.44. The molecule has 3 N–H and O–H groups in total. The van der Waals surface area contributed by atoms with Gasteiger partial charge in [0.1, 0.15) is 5.60 Å². The summed E-state index contributed by atoms with van der Waals surface area (Å²) < 4.78 is 5.43. The van der Waals surface area contributed by atoms with E-state index in [-0.39, 0.29) is 12.1 Å². The highest BCUT2D eigenvalue weighted by atomic mass is 32.1. The molecule has 0 aromatic carbocycles. The van der Waals surface area contributed by atoms with Crippen molar-refractivity contribution < 1.29 is 9.53 Å². The van der Waals surface area contributed by atoms with E-state index in [1.807, 2.05) is 20.8 Å². The van der Waals surface area contributed by atoms with E-state index in [1.165, 1.54) is 4.88 Å². The largest absolute Gasteiger partial charge is 0.444 e. The van der Waals surface area contributed by atoms with Gasteiger partial charge >= 0.3 is 6.09 Å². The average Bonchev–Trinajstić information content (AvgIpc) is 3.05. The first kappa shape index (κ1) is 16.3. The zero-order valence-corrected chi connectivity index (χ0v) is 13.8. The van der Waals surface area contributed by atoms with Crippen LogP contribution in [0.4, 0.5) is 4.79 Å². The summed E-state index contributed by atoms with van der Waals surface area (Å²) in [6.07, 6.45) is 1.64. The number of hydrogen-bond donors (Lipinski definition) is 2. The van der Waals surface area contributed by atoms with E-state index in [0.29, 0.717) is 12.5 Å². The summed E-state index contributed by atoms with van der Waals surface area (Å²) in [5, 5.41) is 2.07. The smallest absolute Gasteiger partial charge is 0.410 e. The van der Waals surface area contributed by atoms with E-state index in [9.17, 15) is 4.79 Å². The minimum Gasteiger partial charge on any atom is -0.444 e. The molecule has 5 nitrogen and oxygen atoms in total. The van der Waals surface area contributed by atoms with Crippen molar-refractivity contribution in [2.45, 2.75) is 45.3 Å². The molecule has 21 heavy (non-hydrogen) atoms. The molecule has 1 aromatic heterocycles. The summed E-state index contributed by atoms with van der Waals surface area (Å²) >= 11 is 1.74. The molecule has 2 unspecified atom stereocenters. The van der Waals surface area contributed by atoms with Crippen LogP contribution in [-0.2, 0) is 11.2 Å². The van der Waals surface area contributed by atoms with E-state index in [4.69, 9.17) is 10.6 Å². The third-order valence-electron chi connectivity index (χ3n) is 3.66. The van der Waals surface area contributed by atoms with Crippen molar-refractivity contribution >= 4 is 17.4 Å². The summed E-state index contributed by atoms with van der Waals surface area (Å²) in [6, 6.07) is 4.36. The van der Waals surface area contributed by atoms with Gasteiger partial charge in [-0.2, -0.15) is 0 Å². The minimum absolute atomic E-state index is 0.191. The standard InChI is InChI=1S/C15H25N3O2S/c1-15(2,3)20-14(19)18-7-6-11(10-18)13(17-16)9-12-5-4-8-21-12/h4-5,8,11,13,17H,6-7,9-10,16H2,1-3H3. The number of amides is 1. The maximum absolute atomic E-state index is 12.1. The predicted octanol–water partition coefficient (Wildman–Crippen LogP) is 2.38. The van der Waals surface area contributed by atoms with Crippen LogP contribution in [0.15, 0.2) is 17.5 Å². The number of ether oxygens (including phenoxy) is 1. The van der Waals surface area contributed by atoms with Crippen molar-refractivity contribution in [3.63, 3.8) is 0 Å². The second-order valence-corrected chi connectivity index (χ2v) is 7.56. The SMILES string of the molecule is CC(C)(C)OC(=O)N1CCC(C(Cc2cccs2)NN)C1. The molecule has 2 rings (SSSR count). The van der Waals surface area contributed by atoms with Crippen LogP contribution in [0.25, 0.3) is 0 Å². The number of nitrogens with zero attached hydrogens (tertiary/aromatic N) is 1. The van der Waals surface area contributed by atoms with Crippen molar-refractivity contribution in [2.75, 3.05) is 13.1 Å². The van der Waals surface area contributed by atoms with Crippen LogP contribution in [0, 0.1) is 5.92 Å². The topological polar surface area (TPSA) is 67.6 Å². The fourth-order valence-electron chi connectivity index (χ4n) is 2.62. The quantitative estimate of drug-likeness (QED) is 0.662. The van der Waals surface area contributed by atoms with Gasteiger partial charge in [0.05, 0.1) is 0 Å². The fraction of sp³-hybridized carbons (Fsp3) is 0.667. The Hall–Kier alpha value is -1.11. The minimum atomic E-state index is -0.447. The first-order chi connectivity index (χ1) is 9.89. The molecular formula is C15H25N3O2S. The number of rotatable bonds is 4. The molecule has 1 aliphatic heterocycles. The Bertz CT molecular complexity index is 456. The van der Waals surface area contributed by atoms with Gasteiger partial charge in [-0.1, -0.05) is 6.07 Å². The Kier molecular flexibility index (Phi) is 5.24. The number of thiophene rings is 1. The summed E-state index contributed by atoms with van der Waals surface area (Å²) in [4.78, 5) is 15.2. The van der Waals surface area contributed by atoms with Gasteiger partial charge in [0.15, 0.2) is 0 Å². The van der Waals surface area contributed by atoms with Crippen LogP contribution in [0.2, 0.25) is 0 Å². The summed E-state index contributed by atoms with van der Waals surface area (Å²) in [5.74, 6) is 6.08. The maximum Gasteiger partial charge on any atom is 0.410 e. The van der Waals surface area contributed by atoms with Gasteiger partial charge in [0, 0.05) is 24.0 Å². The van der Waals surface area contributed by atoms with Crippen LogP contribution < -0.4 is 11.3 Å². The van der Waals surface area contributed by atoms with E-state index in [0.717, 1.165) is 19.4 Å². The second kappa shape index (κ2) is 6.77. The molecule has 6 heteroatoms. The van der Waals surface area contributed by atoms with Crippen molar-refractivity contribution in [2.24, 2.45) is 11.8 Å². The van der Waals surface area contributed by atoms with Crippen molar-refractivity contribution in [1.29, 1.82) is 0 Å². The highest BCUT2D eigenvalue weighted by Crippen LogP contribution is 2.24. The van der Waals surface area contributed by atoms with E-state index >= 15 is 0 Å². The van der Waals surface area contributed by atoms with Gasteiger partial charge in [-0.25, -0.2) is 4.79 Å². The number of nitrogens with one attached hydrogen (secondary N) is 1. The van der Waals surface area contributed by atoms with Crippen LogP contribution in [-0.4, -0.2) is 35.7 Å². The summed E-state index contributed by atoms with van der Waals surface area (Å²) in [7, 11) is 0. The normalized spacial score (nSPS) is 20.6. The first-order valence-corrected chi connectivity index (χ1v) is 8.23. The van der Waals surface area contributed by atoms with Gasteiger partial charge in [0.2, 0.25) is 0 Å². The lowest BCUT2D eigenvalue weighted by atomic mass is 9.96. The number of hydrogen-bond acceptors (Lipinski definition) is 5. The van der Waals surface area contributed by atoms with Crippen molar-refractivity contribution in [3.05, 3.63) is 22.4 Å². The number of carbonyl (C=O) groups is 1. The van der Waals surface area contributed by atoms with E-state index < -0.39 is 5.60 Å². The molecule has 1 fully saturated rings. The van der Waals surface area contributed by atoms with E-state index in [1.54, 1.807) is 16.2 Å². The molecule has 0 aliphatic carbocycles. The highest BCUT2D eigenvalue weighted by molar-refractivity contribution is 7.09. The Labute approximate surface area is 130 Å². The number of nitrogens with two attached hydrogens (primary N) is 1. The molecule has 2 atom stereocenters. The number of carbonyl (C=O) groups excluding carboxylic acids is 1. The summed E-state index contributed by atoms with van der Waals surface area (Å²) in [6.45, 7) is 7.11. The zero-order chi connectivity index (χ0) is 15.5. The molecule has 1 aliphatic rings. The Balaban J connectivity index is 1.89. The summed E-state index contributed by atoms with van der Waals surface area (Å²) in [5.41, 5.74) is 2.47. The van der Waals surface area contributed by atoms with Crippen molar-refractivity contribution in [1.82, 2.24) is 10.3 Å². The third-order valence-corrected chi connectivity index (χ3v) is 4.56. The molecule has 0 bridgehead atoms. The first-order valence-electron chi connectivity index (χ1n) is 7.35. The van der Waals surface area contributed by atoms with Gasteiger partial charge in [-0.05, 0) is 51.0 Å². The average molecular weight is 311 g/mol. The molecule has 1 aromatic rings. The van der Waals surface area contributed by atoms with Gasteiger partial charge in [-0.15, -0.1) is 11.3 Å². The molecule has 118 valence electrons. The Morgan fingerprint density at radius 3 is 2.95 bits per heavy atom. The lowest BCUT2D eigenvalue weighted by molar-refractivity contribution is 0.0285. The third kappa shape index (κ3) is 4.69. The number of likely N-dealkylation sites (tertiary alicyclic amines) is 1. The number of hydrazine groups is 1. The van der Waals surface area contributed by atoms with Crippen LogP contribution in [0.1, 0.15) is 32.1 Å². The lowest BCUT2D eigenvalue weighted by Gasteiger charge is -2.26. The van der Waals surface area contributed by atoms with E-state index in [2.05, 4.69) is 22.9 Å². The molecule has 2 heterocycles. The molecule has 0 spiro atoms. The highest BCUT2D eigenvalue weighted by Gasteiger charge is 2.33. The van der Waals surface area contributed by atoms with Crippen LogP contribution in [0.3, 0.4) is 0 Å². The zero-order valence-electron chi connectivity index (χ0n) is 13.0. The van der Waals surface area contributed by atoms with Crippen LogP contribution >= 0.6 is 11.3 Å². The molecule has 0 saturated carbocycles. The molecular weight excluding hydrogens is 286 g/mol. The van der Waals surface area contributed by atoms with Gasteiger partial charge in [-0.3, -0.25) is 11.3 Å². The fourth-order valence-corrected chi connectivity index (χ4v) is 3.38. The van der Waals surface area contributed by atoms with Crippen molar-refractivity contribution in [3.8, 4) is 0 Å². The second-order valence-electron chi connectivity index (χ2n) is 6.53. The molecule has 1 saturated heterocycles. The van der Waals surface area contributed by atoms with Gasteiger partial charge < -0.3 is 9.64 Å². The Morgan fingerprint density at radius 2 is 2.38 bits per heavy atom. The molecule has 1 amide bonds. The monoisotopic (exact) mass is 311 g/mol. The predicted molar refractivity (Wildman–Crippen MR) is 85.0 cm³/mol. The maximum atomic E-state index is 12.1.